The minimum absolute atomic E-state index is 0.0485. The normalized spacial score (nSPS) is 20.3. The van der Waals surface area contributed by atoms with Gasteiger partial charge < -0.3 is 14.4 Å². The molecule has 1 atom stereocenters. The fraction of sp³-hybridized carbons (Fsp3) is 0.600. The van der Waals surface area contributed by atoms with Crippen LogP contribution in [0.5, 0.6) is 0 Å². The molecule has 166 valence electrons. The molecule has 1 aromatic rings. The molecule has 2 saturated heterocycles. The average Bonchev–Trinajstić information content (AvgIpc) is 3.26. The van der Waals surface area contributed by atoms with E-state index in [9.17, 15) is 18.0 Å². The van der Waals surface area contributed by atoms with Gasteiger partial charge >= 0.3 is 5.97 Å². The summed E-state index contributed by atoms with van der Waals surface area (Å²) in [5.74, 6) is -0.733. The Morgan fingerprint density at radius 2 is 2.00 bits per heavy atom. The number of sulfonamides is 1. The standard InChI is InChI=1S/C20H27ClN2O6S/c1-2-28-20(25)14-7-9-23(10-8-14)19(24)15-5-6-17(21)18(12-15)30(26,27)22-13-16-4-3-11-29-16/h5-6,12,14,16,22H,2-4,7-11,13H2,1H3. The summed E-state index contributed by atoms with van der Waals surface area (Å²) in [4.78, 5) is 26.3. The molecule has 10 heteroatoms. The van der Waals surface area contributed by atoms with Crippen molar-refractivity contribution in [3.8, 4) is 0 Å². The van der Waals surface area contributed by atoms with Crippen LogP contribution in [0.4, 0.5) is 0 Å². The number of likely N-dealkylation sites (tertiary alicyclic amines) is 1. The Hall–Kier alpha value is -1.68. The van der Waals surface area contributed by atoms with Gasteiger partial charge in [0.1, 0.15) is 4.90 Å². The highest BCUT2D eigenvalue weighted by Crippen LogP contribution is 2.25. The van der Waals surface area contributed by atoms with Crippen LogP contribution in [-0.4, -0.2) is 64.1 Å². The summed E-state index contributed by atoms with van der Waals surface area (Å²) in [5.41, 5.74) is 0.242. The molecule has 2 heterocycles. The van der Waals surface area contributed by atoms with E-state index in [0.717, 1.165) is 12.8 Å². The maximum absolute atomic E-state index is 12.9. The molecule has 1 aromatic carbocycles. The van der Waals surface area contributed by atoms with E-state index in [1.54, 1.807) is 11.8 Å². The van der Waals surface area contributed by atoms with Gasteiger partial charge in [-0.1, -0.05) is 11.6 Å². The molecular formula is C20H27ClN2O6S. The van der Waals surface area contributed by atoms with Crippen LogP contribution < -0.4 is 4.72 Å². The second-order valence-electron chi connectivity index (χ2n) is 7.45. The number of esters is 1. The first-order chi connectivity index (χ1) is 14.3. The van der Waals surface area contributed by atoms with Crippen molar-refractivity contribution in [1.82, 2.24) is 9.62 Å². The van der Waals surface area contributed by atoms with E-state index >= 15 is 0 Å². The van der Waals surface area contributed by atoms with Crippen LogP contribution in [0.2, 0.25) is 5.02 Å². The van der Waals surface area contributed by atoms with Crippen LogP contribution in [0.3, 0.4) is 0 Å². The van der Waals surface area contributed by atoms with E-state index in [4.69, 9.17) is 21.1 Å². The first kappa shape index (κ1) is 23.0. The summed E-state index contributed by atoms with van der Waals surface area (Å²) < 4.78 is 38.4. The second kappa shape index (κ2) is 10.1. The Kier molecular flexibility index (Phi) is 7.73. The van der Waals surface area contributed by atoms with Crippen LogP contribution in [0, 0.1) is 5.92 Å². The first-order valence-electron chi connectivity index (χ1n) is 10.2. The van der Waals surface area contributed by atoms with Crippen molar-refractivity contribution in [3.63, 3.8) is 0 Å². The molecule has 0 aromatic heterocycles. The van der Waals surface area contributed by atoms with Crippen molar-refractivity contribution >= 4 is 33.5 Å². The molecule has 0 spiro atoms. The number of benzene rings is 1. The maximum Gasteiger partial charge on any atom is 0.309 e. The Bertz CT molecular complexity index is 877. The lowest BCUT2D eigenvalue weighted by atomic mass is 9.96. The summed E-state index contributed by atoms with van der Waals surface area (Å²) in [6.45, 7) is 3.70. The molecule has 0 aliphatic carbocycles. The zero-order valence-electron chi connectivity index (χ0n) is 16.9. The molecule has 2 fully saturated rings. The van der Waals surface area contributed by atoms with Gasteiger partial charge in [0.25, 0.3) is 5.91 Å². The Morgan fingerprint density at radius 3 is 2.63 bits per heavy atom. The van der Waals surface area contributed by atoms with Gasteiger partial charge in [0.15, 0.2) is 0 Å². The topological polar surface area (TPSA) is 102 Å². The van der Waals surface area contributed by atoms with Crippen LogP contribution in [0.1, 0.15) is 43.0 Å². The highest BCUT2D eigenvalue weighted by molar-refractivity contribution is 7.89. The fourth-order valence-electron chi connectivity index (χ4n) is 3.69. The van der Waals surface area contributed by atoms with Gasteiger partial charge in [-0.25, -0.2) is 13.1 Å². The fourth-order valence-corrected chi connectivity index (χ4v) is 5.28. The van der Waals surface area contributed by atoms with E-state index in [0.29, 0.717) is 39.1 Å². The third kappa shape index (κ3) is 5.51. The lowest BCUT2D eigenvalue weighted by Crippen LogP contribution is -2.40. The summed E-state index contributed by atoms with van der Waals surface area (Å²) in [6.07, 6.45) is 2.60. The summed E-state index contributed by atoms with van der Waals surface area (Å²) in [5, 5.41) is 0.0485. The van der Waals surface area contributed by atoms with Crippen molar-refractivity contribution in [1.29, 1.82) is 0 Å². The molecule has 30 heavy (non-hydrogen) atoms. The molecule has 1 amide bonds. The Morgan fingerprint density at radius 1 is 1.27 bits per heavy atom. The third-order valence-electron chi connectivity index (χ3n) is 5.39. The lowest BCUT2D eigenvalue weighted by Gasteiger charge is -2.31. The number of hydrogen-bond donors (Lipinski definition) is 1. The second-order valence-corrected chi connectivity index (χ2v) is 9.59. The number of carbonyl (C=O) groups excluding carboxylic acids is 2. The maximum atomic E-state index is 12.9. The third-order valence-corrected chi connectivity index (χ3v) is 7.30. The number of amides is 1. The molecular weight excluding hydrogens is 432 g/mol. The van der Waals surface area contributed by atoms with Crippen molar-refractivity contribution in [2.24, 2.45) is 5.92 Å². The van der Waals surface area contributed by atoms with Gasteiger partial charge in [0.2, 0.25) is 10.0 Å². The van der Waals surface area contributed by atoms with Gasteiger partial charge in [0, 0.05) is 31.8 Å². The summed E-state index contributed by atoms with van der Waals surface area (Å²) in [7, 11) is -3.89. The van der Waals surface area contributed by atoms with Crippen LogP contribution in [-0.2, 0) is 24.3 Å². The number of carbonyl (C=O) groups is 2. The van der Waals surface area contributed by atoms with E-state index < -0.39 is 10.0 Å². The van der Waals surface area contributed by atoms with E-state index in [1.165, 1.54) is 18.2 Å². The number of hydrogen-bond acceptors (Lipinski definition) is 6. The van der Waals surface area contributed by atoms with Gasteiger partial charge in [-0.2, -0.15) is 0 Å². The molecule has 8 nitrogen and oxygen atoms in total. The number of halogens is 1. The smallest absolute Gasteiger partial charge is 0.309 e. The van der Waals surface area contributed by atoms with Gasteiger partial charge in [0.05, 0.1) is 23.7 Å². The number of nitrogens with zero attached hydrogens (tertiary/aromatic N) is 1. The number of piperidine rings is 1. The number of rotatable bonds is 7. The molecule has 0 radical (unpaired) electrons. The zero-order chi connectivity index (χ0) is 21.7. The van der Waals surface area contributed by atoms with E-state index in [1.807, 2.05) is 0 Å². The SMILES string of the molecule is CCOC(=O)C1CCN(C(=O)c2ccc(Cl)c(S(=O)(=O)NCC3CCCO3)c2)CC1. The molecule has 1 unspecified atom stereocenters. The zero-order valence-corrected chi connectivity index (χ0v) is 18.5. The monoisotopic (exact) mass is 458 g/mol. The molecule has 2 aliphatic rings. The Balaban J connectivity index is 1.67. The lowest BCUT2D eigenvalue weighted by molar-refractivity contribution is -0.149. The Labute approximate surface area is 181 Å². The van der Waals surface area contributed by atoms with Gasteiger partial charge in [-0.3, -0.25) is 9.59 Å². The van der Waals surface area contributed by atoms with Crippen LogP contribution in [0.25, 0.3) is 0 Å². The quantitative estimate of drug-likeness (QED) is 0.628. The predicted molar refractivity (Wildman–Crippen MR) is 111 cm³/mol. The predicted octanol–water partition coefficient (Wildman–Crippen LogP) is 2.21. The first-order valence-corrected chi connectivity index (χ1v) is 12.0. The number of nitrogens with one attached hydrogen (secondary N) is 1. The van der Waals surface area contributed by atoms with Gasteiger partial charge in [-0.05, 0) is 50.8 Å². The van der Waals surface area contributed by atoms with Crippen LogP contribution >= 0.6 is 11.6 Å². The van der Waals surface area contributed by atoms with Gasteiger partial charge in [-0.15, -0.1) is 0 Å². The molecule has 3 rings (SSSR count). The molecule has 0 bridgehead atoms. The summed E-state index contributed by atoms with van der Waals surface area (Å²) in [6, 6.07) is 4.24. The minimum atomic E-state index is -3.89. The minimum Gasteiger partial charge on any atom is -0.466 e. The average molecular weight is 459 g/mol. The molecule has 1 N–H and O–H groups in total. The molecule has 2 aliphatic heterocycles. The number of ether oxygens (including phenoxy) is 2. The van der Waals surface area contributed by atoms with Crippen molar-refractivity contribution in [2.45, 2.75) is 43.6 Å². The van der Waals surface area contributed by atoms with Crippen molar-refractivity contribution in [3.05, 3.63) is 28.8 Å². The molecule has 0 saturated carbocycles. The van der Waals surface area contributed by atoms with Crippen molar-refractivity contribution < 1.29 is 27.5 Å². The highest BCUT2D eigenvalue weighted by atomic mass is 35.5. The highest BCUT2D eigenvalue weighted by Gasteiger charge is 2.30. The van der Waals surface area contributed by atoms with E-state index in [2.05, 4.69) is 4.72 Å². The van der Waals surface area contributed by atoms with E-state index in [-0.39, 0.29) is 45.9 Å². The van der Waals surface area contributed by atoms with Crippen molar-refractivity contribution in [2.75, 3.05) is 32.8 Å². The largest absolute Gasteiger partial charge is 0.466 e. The van der Waals surface area contributed by atoms with Crippen LogP contribution in [0.15, 0.2) is 23.1 Å². The summed E-state index contributed by atoms with van der Waals surface area (Å²) >= 11 is 6.12.